The van der Waals surface area contributed by atoms with Gasteiger partial charge >= 0.3 is 0 Å². The highest BCUT2D eigenvalue weighted by Gasteiger charge is 2.03. The Labute approximate surface area is 165 Å². The lowest BCUT2D eigenvalue weighted by atomic mass is 9.96. The van der Waals surface area contributed by atoms with E-state index in [-0.39, 0.29) is 0 Å². The van der Waals surface area contributed by atoms with Gasteiger partial charge < -0.3 is 0 Å². The molecule has 148 valence electrons. The first-order chi connectivity index (χ1) is 12.9. The summed E-state index contributed by atoms with van der Waals surface area (Å²) in [6.07, 6.45) is 24.8. The average molecular weight is 357 g/mol. The van der Waals surface area contributed by atoms with Crippen LogP contribution >= 0.6 is 0 Å². The van der Waals surface area contributed by atoms with Gasteiger partial charge in [0.1, 0.15) is 0 Å². The molecule has 26 heavy (non-hydrogen) atoms. The van der Waals surface area contributed by atoms with Crippen LogP contribution in [0.1, 0.15) is 128 Å². The second-order valence-electron chi connectivity index (χ2n) is 8.03. The third-order valence-electron chi connectivity index (χ3n) is 5.52. The quantitative estimate of drug-likeness (QED) is 0.231. The molecule has 0 nitrogen and oxygen atoms in total. The van der Waals surface area contributed by atoms with E-state index in [0.29, 0.717) is 0 Å². The Kier molecular flexibility index (Phi) is 15.8. The summed E-state index contributed by atoms with van der Waals surface area (Å²) in [4.78, 5) is 0. The number of benzene rings is 1. The van der Waals surface area contributed by atoms with Crippen molar-refractivity contribution >= 4 is 0 Å². The monoisotopic (exact) mass is 356 g/mol. The molecule has 0 heterocycles. The number of rotatable bonds is 18. The summed E-state index contributed by atoms with van der Waals surface area (Å²) in [5.41, 5.74) is 2.89. The van der Waals surface area contributed by atoms with Crippen LogP contribution in [0.2, 0.25) is 0 Å². The molecule has 0 heteroatoms. The summed E-state index contributed by atoms with van der Waals surface area (Å²) in [5.74, 6) is 0. The molecule has 1 aromatic carbocycles. The molecule has 0 N–H and O–H groups in total. The van der Waals surface area contributed by atoms with Crippen LogP contribution in [-0.2, 0) is 12.8 Å². The minimum Gasteiger partial charge on any atom is -0.0654 e. The van der Waals surface area contributed by atoms with Crippen molar-refractivity contribution in [3.8, 4) is 0 Å². The predicted molar refractivity (Wildman–Crippen MR) is 117 cm³/mol. The topological polar surface area (TPSA) is 0 Å². The maximum Gasteiger partial charge on any atom is -0.0146 e. The van der Waals surface area contributed by atoms with Crippen molar-refractivity contribution in [2.24, 2.45) is 0 Å². The van der Waals surface area contributed by atoms with Crippen LogP contribution in [0.4, 0.5) is 0 Å². The van der Waals surface area contributed by atoms with E-state index < -0.39 is 0 Å². The van der Waals surface area contributed by atoms with Crippen LogP contribution in [0.3, 0.4) is 0 Å². The van der Waals surface area contributed by atoms with E-state index in [4.69, 9.17) is 0 Å². The second-order valence-corrected chi connectivity index (χ2v) is 8.03. The Morgan fingerprint density at radius 2 is 0.769 bits per heavy atom. The SMILES string of the molecule is CCCCCCCCCCc1[c]cc[c]c1CCCCCCCCCC. The lowest BCUT2D eigenvalue weighted by Crippen LogP contribution is -1.96. The van der Waals surface area contributed by atoms with Crippen LogP contribution in [-0.4, -0.2) is 0 Å². The van der Waals surface area contributed by atoms with E-state index >= 15 is 0 Å². The molecule has 0 aliphatic carbocycles. The van der Waals surface area contributed by atoms with Crippen molar-refractivity contribution in [2.75, 3.05) is 0 Å². The first-order valence-corrected chi connectivity index (χ1v) is 11.8. The number of hydrogen-bond donors (Lipinski definition) is 0. The molecule has 0 bridgehead atoms. The van der Waals surface area contributed by atoms with Crippen LogP contribution in [0.15, 0.2) is 12.1 Å². The fourth-order valence-corrected chi connectivity index (χ4v) is 3.78. The van der Waals surface area contributed by atoms with Gasteiger partial charge in [0, 0.05) is 0 Å². The van der Waals surface area contributed by atoms with Gasteiger partial charge in [0.2, 0.25) is 0 Å². The van der Waals surface area contributed by atoms with Gasteiger partial charge in [-0.15, -0.1) is 0 Å². The Bertz CT molecular complexity index is 367. The highest BCUT2D eigenvalue weighted by Crippen LogP contribution is 2.17. The molecule has 0 saturated carbocycles. The molecule has 0 spiro atoms. The van der Waals surface area contributed by atoms with Crippen molar-refractivity contribution in [3.05, 3.63) is 35.4 Å². The van der Waals surface area contributed by atoms with Crippen LogP contribution in [0.5, 0.6) is 0 Å². The van der Waals surface area contributed by atoms with Crippen LogP contribution in [0, 0.1) is 12.1 Å². The Morgan fingerprint density at radius 1 is 0.462 bits per heavy atom. The molecule has 0 unspecified atom stereocenters. The van der Waals surface area contributed by atoms with Gasteiger partial charge in [0.05, 0.1) is 0 Å². The zero-order chi connectivity index (χ0) is 18.7. The minimum absolute atomic E-state index is 1.21. The van der Waals surface area contributed by atoms with Gasteiger partial charge in [-0.2, -0.15) is 0 Å². The standard InChI is InChI=1S/C26H44/c1-3-5-7-9-11-13-15-17-21-25-23-19-20-24-26(25)22-18-16-14-12-10-8-6-4-2/h19-20H,3-18,21-22H2,1-2H3. The summed E-state index contributed by atoms with van der Waals surface area (Å²) in [6.45, 7) is 4.58. The maximum absolute atomic E-state index is 3.50. The highest BCUT2D eigenvalue weighted by molar-refractivity contribution is 5.25. The van der Waals surface area contributed by atoms with Crippen molar-refractivity contribution in [1.29, 1.82) is 0 Å². The molecule has 2 radical (unpaired) electrons. The maximum atomic E-state index is 3.50. The summed E-state index contributed by atoms with van der Waals surface area (Å²) in [5, 5.41) is 0. The fourth-order valence-electron chi connectivity index (χ4n) is 3.78. The van der Waals surface area contributed by atoms with Crippen LogP contribution < -0.4 is 0 Å². The third-order valence-corrected chi connectivity index (χ3v) is 5.52. The number of unbranched alkanes of at least 4 members (excludes halogenated alkanes) is 14. The van der Waals surface area contributed by atoms with E-state index in [0.717, 1.165) is 0 Å². The molecule has 0 aromatic heterocycles. The van der Waals surface area contributed by atoms with E-state index in [1.54, 1.807) is 0 Å². The van der Waals surface area contributed by atoms with Gasteiger partial charge in [0.25, 0.3) is 0 Å². The normalized spacial score (nSPS) is 11.2. The van der Waals surface area contributed by atoms with Gasteiger partial charge in [-0.05, 0) is 48.9 Å². The van der Waals surface area contributed by atoms with Crippen molar-refractivity contribution in [2.45, 2.75) is 129 Å². The summed E-state index contributed by atoms with van der Waals surface area (Å²) in [7, 11) is 0. The van der Waals surface area contributed by atoms with E-state index in [1.165, 1.54) is 127 Å². The molecule has 0 amide bonds. The Morgan fingerprint density at radius 3 is 1.12 bits per heavy atom. The predicted octanol–water partition coefficient (Wildman–Crippen LogP) is 8.65. The molecule has 0 saturated heterocycles. The summed E-state index contributed by atoms with van der Waals surface area (Å²) >= 11 is 0. The van der Waals surface area contributed by atoms with E-state index in [9.17, 15) is 0 Å². The molecule has 0 aliphatic heterocycles. The first kappa shape index (κ1) is 23.3. The highest BCUT2D eigenvalue weighted by atomic mass is 14.1. The Hall–Kier alpha value is -0.780. The first-order valence-electron chi connectivity index (χ1n) is 11.8. The molecular weight excluding hydrogens is 312 g/mol. The van der Waals surface area contributed by atoms with Gasteiger partial charge in [0.15, 0.2) is 0 Å². The van der Waals surface area contributed by atoms with Crippen molar-refractivity contribution < 1.29 is 0 Å². The van der Waals surface area contributed by atoms with E-state index in [2.05, 4.69) is 38.1 Å². The smallest absolute Gasteiger partial charge is 0.0146 e. The zero-order valence-electron chi connectivity index (χ0n) is 17.9. The van der Waals surface area contributed by atoms with Crippen molar-refractivity contribution in [1.82, 2.24) is 0 Å². The Balaban J connectivity index is 2.10. The largest absolute Gasteiger partial charge is 0.0654 e. The van der Waals surface area contributed by atoms with Crippen molar-refractivity contribution in [3.63, 3.8) is 0 Å². The van der Waals surface area contributed by atoms with Gasteiger partial charge in [-0.3, -0.25) is 0 Å². The lowest BCUT2D eigenvalue weighted by Gasteiger charge is -2.09. The third kappa shape index (κ3) is 12.6. The molecule has 0 fully saturated rings. The molecule has 0 aliphatic rings. The van der Waals surface area contributed by atoms with Crippen LogP contribution in [0.25, 0.3) is 0 Å². The molecule has 1 aromatic rings. The minimum atomic E-state index is 1.21. The second kappa shape index (κ2) is 17.6. The zero-order valence-corrected chi connectivity index (χ0v) is 17.9. The molecule has 0 atom stereocenters. The molecule has 1 rings (SSSR count). The summed E-state index contributed by atoms with van der Waals surface area (Å²) in [6, 6.07) is 11.1. The van der Waals surface area contributed by atoms with Gasteiger partial charge in [-0.1, -0.05) is 116 Å². The molecular formula is C26H44. The number of aryl methyl sites for hydroxylation is 2. The van der Waals surface area contributed by atoms with Gasteiger partial charge in [-0.25, -0.2) is 0 Å². The fraction of sp³-hybridized carbons (Fsp3) is 0.769. The number of hydrogen-bond acceptors (Lipinski definition) is 0. The van der Waals surface area contributed by atoms with E-state index in [1.807, 2.05) is 0 Å². The summed E-state index contributed by atoms with van der Waals surface area (Å²) < 4.78 is 0. The average Bonchev–Trinajstić information content (AvgIpc) is 2.67. The lowest BCUT2D eigenvalue weighted by molar-refractivity contribution is 0.570.